The zero-order valence-electron chi connectivity index (χ0n) is 18.5. The van der Waals surface area contributed by atoms with Gasteiger partial charge in [0.2, 0.25) is 0 Å². The van der Waals surface area contributed by atoms with Gasteiger partial charge >= 0.3 is 5.69 Å². The quantitative estimate of drug-likeness (QED) is 0.548. The first kappa shape index (κ1) is 21.7. The Morgan fingerprint density at radius 2 is 1.59 bits per heavy atom. The van der Waals surface area contributed by atoms with Gasteiger partial charge in [0.15, 0.2) is 17.3 Å². The Balaban J connectivity index is 1.63. The fourth-order valence-corrected chi connectivity index (χ4v) is 4.88. The molecule has 0 radical (unpaired) electrons. The lowest BCUT2D eigenvalue weighted by Crippen LogP contribution is -2.37. The van der Waals surface area contributed by atoms with Crippen molar-refractivity contribution in [3.63, 3.8) is 0 Å². The van der Waals surface area contributed by atoms with Crippen molar-refractivity contribution >= 4 is 11.6 Å². The molecule has 0 bridgehead atoms. The molecule has 0 fully saturated rings. The molecule has 0 saturated heterocycles. The summed E-state index contributed by atoms with van der Waals surface area (Å²) in [5.41, 5.74) is 1.55. The molecule has 2 heterocycles. The van der Waals surface area contributed by atoms with Crippen LogP contribution in [0.15, 0.2) is 63.3 Å². The Kier molecular flexibility index (Phi) is 5.31. The zero-order chi connectivity index (χ0) is 24.0. The number of anilines is 1. The standard InChI is InChI=1S/C25H22FN3O5/c1-33-18-8-5-13(11-19(18)34-2)14-9-16-21(17(30)10-14)20(12-3-6-15(26)7-4-12)22-23(27-16)28-25(32)29-24(22)31/h3-8,11,14,20H,9-10H2,1-2H3,(H3,27,28,29,31,32)/t14-,20-/m0/s1. The number of allylic oxidation sites excluding steroid dienone is 2. The van der Waals surface area contributed by atoms with E-state index in [1.54, 1.807) is 32.4 Å². The Hall–Kier alpha value is -4.14. The molecule has 174 valence electrons. The molecule has 1 aromatic heterocycles. The molecule has 2 atom stereocenters. The van der Waals surface area contributed by atoms with Crippen molar-refractivity contribution in [2.45, 2.75) is 24.7 Å². The van der Waals surface area contributed by atoms with E-state index in [9.17, 15) is 18.8 Å². The fourth-order valence-electron chi connectivity index (χ4n) is 4.88. The van der Waals surface area contributed by atoms with E-state index in [1.807, 2.05) is 12.1 Å². The van der Waals surface area contributed by atoms with E-state index in [4.69, 9.17) is 9.47 Å². The first-order valence-electron chi connectivity index (χ1n) is 10.8. The van der Waals surface area contributed by atoms with Crippen LogP contribution in [0.3, 0.4) is 0 Å². The van der Waals surface area contributed by atoms with Gasteiger partial charge in [-0.05, 0) is 47.7 Å². The number of rotatable bonds is 4. The fraction of sp³-hybridized carbons (Fsp3) is 0.240. The molecule has 2 aliphatic rings. The van der Waals surface area contributed by atoms with Crippen LogP contribution < -0.4 is 26.0 Å². The molecule has 9 heteroatoms. The molecule has 0 amide bonds. The molecule has 0 spiro atoms. The zero-order valence-corrected chi connectivity index (χ0v) is 18.5. The summed E-state index contributed by atoms with van der Waals surface area (Å²) in [5.74, 6) is -0.0397. The third-order valence-electron chi connectivity index (χ3n) is 6.42. The van der Waals surface area contributed by atoms with E-state index in [0.717, 1.165) is 5.56 Å². The van der Waals surface area contributed by atoms with Gasteiger partial charge in [0, 0.05) is 23.6 Å². The lowest BCUT2D eigenvalue weighted by Gasteiger charge is -2.35. The monoisotopic (exact) mass is 463 g/mol. The highest BCUT2D eigenvalue weighted by atomic mass is 19.1. The molecule has 2 aromatic carbocycles. The average Bonchev–Trinajstić information content (AvgIpc) is 2.82. The van der Waals surface area contributed by atoms with Crippen molar-refractivity contribution in [3.05, 3.63) is 97.1 Å². The van der Waals surface area contributed by atoms with E-state index in [2.05, 4.69) is 15.3 Å². The van der Waals surface area contributed by atoms with Gasteiger partial charge in [-0.3, -0.25) is 19.6 Å². The van der Waals surface area contributed by atoms with Crippen molar-refractivity contribution in [1.29, 1.82) is 0 Å². The van der Waals surface area contributed by atoms with Crippen LogP contribution in [0.5, 0.6) is 11.5 Å². The van der Waals surface area contributed by atoms with Crippen LogP contribution in [-0.2, 0) is 4.79 Å². The highest BCUT2D eigenvalue weighted by Crippen LogP contribution is 2.46. The summed E-state index contributed by atoms with van der Waals surface area (Å²) in [6.07, 6.45) is 0.701. The Bertz CT molecular complexity index is 1440. The van der Waals surface area contributed by atoms with Crippen molar-refractivity contribution in [1.82, 2.24) is 9.97 Å². The normalized spacial score (nSPS) is 19.2. The van der Waals surface area contributed by atoms with Crippen molar-refractivity contribution in [2.75, 3.05) is 19.5 Å². The molecule has 8 nitrogen and oxygen atoms in total. The minimum absolute atomic E-state index is 0.126. The second-order valence-electron chi connectivity index (χ2n) is 8.34. The number of benzene rings is 2. The van der Waals surface area contributed by atoms with E-state index in [1.165, 1.54) is 12.1 Å². The molecule has 1 aliphatic carbocycles. The Morgan fingerprint density at radius 1 is 0.882 bits per heavy atom. The third kappa shape index (κ3) is 3.59. The third-order valence-corrected chi connectivity index (χ3v) is 6.42. The number of halogens is 1. The van der Waals surface area contributed by atoms with Gasteiger partial charge in [-0.2, -0.15) is 0 Å². The van der Waals surface area contributed by atoms with Crippen molar-refractivity contribution in [3.8, 4) is 11.5 Å². The Morgan fingerprint density at radius 3 is 2.29 bits per heavy atom. The number of aromatic nitrogens is 2. The van der Waals surface area contributed by atoms with Crippen LogP contribution in [0.4, 0.5) is 10.2 Å². The summed E-state index contributed by atoms with van der Waals surface area (Å²) in [6.45, 7) is 0. The minimum Gasteiger partial charge on any atom is -0.493 e. The Labute approximate surface area is 193 Å². The lowest BCUT2D eigenvalue weighted by molar-refractivity contribution is -0.116. The van der Waals surface area contributed by atoms with Crippen LogP contribution in [0, 0.1) is 5.82 Å². The summed E-state index contributed by atoms with van der Waals surface area (Å²) in [7, 11) is 3.11. The van der Waals surface area contributed by atoms with Crippen LogP contribution in [0.25, 0.3) is 0 Å². The predicted octanol–water partition coefficient (Wildman–Crippen LogP) is 3.18. The SMILES string of the molecule is COc1ccc([C@@H]2CC(=O)C3=C(C2)Nc2[nH]c(=O)[nH]c(=O)c2[C@H]3c2ccc(F)cc2)cc1OC. The highest BCUT2D eigenvalue weighted by molar-refractivity contribution is 6.01. The topological polar surface area (TPSA) is 113 Å². The van der Waals surface area contributed by atoms with Gasteiger partial charge in [-0.15, -0.1) is 0 Å². The summed E-state index contributed by atoms with van der Waals surface area (Å²) in [4.78, 5) is 43.2. The van der Waals surface area contributed by atoms with Crippen LogP contribution >= 0.6 is 0 Å². The molecule has 3 aromatic rings. The van der Waals surface area contributed by atoms with E-state index >= 15 is 0 Å². The predicted molar refractivity (Wildman–Crippen MR) is 123 cm³/mol. The summed E-state index contributed by atoms with van der Waals surface area (Å²) >= 11 is 0. The number of nitrogens with one attached hydrogen (secondary N) is 3. The van der Waals surface area contributed by atoms with Gasteiger partial charge in [0.25, 0.3) is 5.56 Å². The maximum atomic E-state index is 13.6. The summed E-state index contributed by atoms with van der Waals surface area (Å²) in [6, 6.07) is 11.2. The van der Waals surface area contributed by atoms with Crippen molar-refractivity contribution in [2.24, 2.45) is 0 Å². The van der Waals surface area contributed by atoms with E-state index in [0.29, 0.717) is 34.8 Å². The average molecular weight is 463 g/mol. The molecule has 1 aliphatic heterocycles. The van der Waals surface area contributed by atoms with Gasteiger partial charge in [-0.25, -0.2) is 9.18 Å². The number of aromatic amines is 2. The lowest BCUT2D eigenvalue weighted by atomic mass is 9.72. The van der Waals surface area contributed by atoms with Crippen molar-refractivity contribution < 1.29 is 18.7 Å². The largest absolute Gasteiger partial charge is 0.493 e. The van der Waals surface area contributed by atoms with Crippen LogP contribution in [0.1, 0.15) is 41.4 Å². The molecule has 5 rings (SSSR count). The number of hydrogen-bond donors (Lipinski definition) is 3. The first-order chi connectivity index (χ1) is 16.4. The number of hydrogen-bond acceptors (Lipinski definition) is 6. The number of ether oxygens (including phenoxy) is 2. The second kappa shape index (κ2) is 8.33. The van der Waals surface area contributed by atoms with Crippen LogP contribution in [-0.4, -0.2) is 30.0 Å². The molecular weight excluding hydrogens is 441 g/mol. The number of H-pyrrole nitrogens is 2. The second-order valence-corrected chi connectivity index (χ2v) is 8.34. The van der Waals surface area contributed by atoms with E-state index in [-0.39, 0.29) is 29.5 Å². The molecular formula is C25H22FN3O5. The van der Waals surface area contributed by atoms with Gasteiger partial charge in [0.05, 0.1) is 19.8 Å². The molecule has 3 N–H and O–H groups in total. The van der Waals surface area contributed by atoms with Gasteiger partial charge in [0.1, 0.15) is 11.6 Å². The summed E-state index contributed by atoms with van der Waals surface area (Å²) in [5, 5.41) is 3.13. The van der Waals surface area contributed by atoms with Gasteiger partial charge < -0.3 is 14.8 Å². The number of Topliss-reactive ketones (excluding diaryl/α,β-unsaturated/α-hetero) is 1. The smallest absolute Gasteiger partial charge is 0.327 e. The molecule has 34 heavy (non-hydrogen) atoms. The molecule has 0 unspecified atom stereocenters. The highest BCUT2D eigenvalue weighted by Gasteiger charge is 2.40. The van der Waals surface area contributed by atoms with Crippen LogP contribution in [0.2, 0.25) is 0 Å². The number of methoxy groups -OCH3 is 2. The first-order valence-corrected chi connectivity index (χ1v) is 10.8. The number of carbonyl (C=O) groups is 1. The molecule has 0 saturated carbocycles. The number of fused-ring (bicyclic) bond motifs is 1. The number of carbonyl (C=O) groups excluding carboxylic acids is 1. The van der Waals surface area contributed by atoms with Gasteiger partial charge in [-0.1, -0.05) is 18.2 Å². The maximum absolute atomic E-state index is 13.6. The maximum Gasteiger partial charge on any atom is 0.327 e. The minimum atomic E-state index is -0.730. The van der Waals surface area contributed by atoms with E-state index < -0.39 is 23.0 Å². The number of ketones is 1. The summed E-state index contributed by atoms with van der Waals surface area (Å²) < 4.78 is 24.3.